The van der Waals surface area contributed by atoms with E-state index >= 15 is 0 Å². The van der Waals surface area contributed by atoms with Crippen LogP contribution >= 0.6 is 0 Å². The summed E-state index contributed by atoms with van der Waals surface area (Å²) in [5.41, 5.74) is -0.0927. The molecule has 1 unspecified atom stereocenters. The molecule has 1 aliphatic carbocycles. The number of carboxylic acid groups (broad SMARTS) is 1. The van der Waals surface area contributed by atoms with Crippen LogP contribution in [0.2, 0.25) is 0 Å². The van der Waals surface area contributed by atoms with E-state index in [1.54, 1.807) is 17.3 Å². The van der Waals surface area contributed by atoms with Gasteiger partial charge < -0.3 is 19.8 Å². The van der Waals surface area contributed by atoms with E-state index in [2.05, 4.69) is 14.9 Å². The number of carbonyl (C=O) groups excluding carboxylic acids is 1. The average molecular weight is 373 g/mol. The monoisotopic (exact) mass is 373 g/mol. The number of carbonyl (C=O) groups is 2. The van der Waals surface area contributed by atoms with Crippen LogP contribution in [0.15, 0.2) is 12.4 Å². The number of aliphatic carboxylic acids is 1. The summed E-state index contributed by atoms with van der Waals surface area (Å²) in [4.78, 5) is 39.1. The number of hydrogen-bond acceptors (Lipinski definition) is 6. The molecule has 2 saturated heterocycles. The van der Waals surface area contributed by atoms with Gasteiger partial charge in [-0.05, 0) is 37.5 Å². The maximum absolute atomic E-state index is 12.6. The van der Waals surface area contributed by atoms with Gasteiger partial charge >= 0.3 is 5.97 Å². The van der Waals surface area contributed by atoms with Crippen molar-refractivity contribution in [2.75, 3.05) is 43.5 Å². The predicted molar refractivity (Wildman–Crippen MR) is 101 cm³/mol. The summed E-state index contributed by atoms with van der Waals surface area (Å²) in [6.07, 6.45) is 7.52. The molecule has 0 aromatic carbocycles. The molecule has 4 rings (SSSR count). The average Bonchev–Trinajstić information content (AvgIpc) is 3.44. The Hall–Kier alpha value is -2.38. The van der Waals surface area contributed by atoms with Crippen molar-refractivity contribution in [3.63, 3.8) is 0 Å². The van der Waals surface area contributed by atoms with Crippen molar-refractivity contribution < 1.29 is 14.7 Å². The van der Waals surface area contributed by atoms with E-state index in [9.17, 15) is 14.7 Å². The SMILES string of the molecule is CN(C)c1nccnc1N1CCC2(CC1)CC(C(=O)O)N(C(=O)C1CC1)C2. The molecule has 0 bridgehead atoms. The zero-order chi connectivity index (χ0) is 19.2. The molecule has 3 fully saturated rings. The van der Waals surface area contributed by atoms with Gasteiger partial charge in [-0.3, -0.25) is 4.79 Å². The predicted octanol–water partition coefficient (Wildman–Crippen LogP) is 1.22. The quantitative estimate of drug-likeness (QED) is 0.849. The van der Waals surface area contributed by atoms with Crippen molar-refractivity contribution in [1.29, 1.82) is 0 Å². The zero-order valence-electron chi connectivity index (χ0n) is 16.0. The molecular weight excluding hydrogens is 346 g/mol. The summed E-state index contributed by atoms with van der Waals surface area (Å²) in [6.45, 7) is 2.18. The second-order valence-corrected chi connectivity index (χ2v) is 8.38. The highest BCUT2D eigenvalue weighted by Crippen LogP contribution is 2.46. The number of anilines is 2. The number of hydrogen-bond donors (Lipinski definition) is 1. The highest BCUT2D eigenvalue weighted by molar-refractivity contribution is 5.87. The van der Waals surface area contributed by atoms with E-state index in [4.69, 9.17) is 0 Å². The van der Waals surface area contributed by atoms with Gasteiger partial charge in [0.1, 0.15) is 6.04 Å². The van der Waals surface area contributed by atoms with Crippen LogP contribution in [0.25, 0.3) is 0 Å². The van der Waals surface area contributed by atoms with E-state index < -0.39 is 12.0 Å². The van der Waals surface area contributed by atoms with E-state index in [0.29, 0.717) is 13.0 Å². The lowest BCUT2D eigenvalue weighted by molar-refractivity contribution is -0.148. The number of carboxylic acids is 1. The van der Waals surface area contributed by atoms with E-state index in [1.807, 2.05) is 19.0 Å². The second-order valence-electron chi connectivity index (χ2n) is 8.38. The van der Waals surface area contributed by atoms with Crippen LogP contribution in [-0.2, 0) is 9.59 Å². The van der Waals surface area contributed by atoms with Crippen molar-refractivity contribution >= 4 is 23.5 Å². The van der Waals surface area contributed by atoms with Crippen LogP contribution in [0.5, 0.6) is 0 Å². The van der Waals surface area contributed by atoms with Crippen molar-refractivity contribution in [3.05, 3.63) is 12.4 Å². The van der Waals surface area contributed by atoms with E-state index in [1.165, 1.54) is 0 Å². The Kier molecular flexibility index (Phi) is 4.44. The molecule has 1 spiro atoms. The Bertz CT molecular complexity index is 741. The van der Waals surface area contributed by atoms with Crippen LogP contribution < -0.4 is 9.80 Å². The third-order valence-corrected chi connectivity index (χ3v) is 6.21. The van der Waals surface area contributed by atoms with Crippen molar-refractivity contribution in [2.45, 2.75) is 38.1 Å². The zero-order valence-corrected chi connectivity index (χ0v) is 16.0. The molecule has 1 amide bonds. The maximum Gasteiger partial charge on any atom is 0.326 e. The van der Waals surface area contributed by atoms with Gasteiger partial charge in [-0.2, -0.15) is 0 Å². The number of aromatic nitrogens is 2. The summed E-state index contributed by atoms with van der Waals surface area (Å²) in [6, 6.07) is -0.668. The summed E-state index contributed by atoms with van der Waals surface area (Å²) >= 11 is 0. The molecule has 3 heterocycles. The van der Waals surface area contributed by atoms with Crippen molar-refractivity contribution in [1.82, 2.24) is 14.9 Å². The molecule has 1 aromatic heterocycles. The van der Waals surface area contributed by atoms with Gasteiger partial charge in [-0.25, -0.2) is 14.8 Å². The van der Waals surface area contributed by atoms with Crippen LogP contribution in [0.3, 0.4) is 0 Å². The molecule has 8 heteroatoms. The van der Waals surface area contributed by atoms with E-state index in [0.717, 1.165) is 50.4 Å². The van der Waals surface area contributed by atoms with Crippen molar-refractivity contribution in [2.24, 2.45) is 11.3 Å². The van der Waals surface area contributed by atoms with Crippen LogP contribution in [0.1, 0.15) is 32.1 Å². The number of rotatable bonds is 4. The lowest BCUT2D eigenvalue weighted by Gasteiger charge is -2.40. The van der Waals surface area contributed by atoms with Gasteiger partial charge in [0.15, 0.2) is 11.6 Å². The van der Waals surface area contributed by atoms with Crippen LogP contribution in [0, 0.1) is 11.3 Å². The van der Waals surface area contributed by atoms with E-state index in [-0.39, 0.29) is 17.2 Å². The number of amides is 1. The van der Waals surface area contributed by atoms with Gasteiger partial charge in [0, 0.05) is 52.0 Å². The first-order chi connectivity index (χ1) is 12.9. The molecule has 8 nitrogen and oxygen atoms in total. The number of piperidine rings is 1. The summed E-state index contributed by atoms with van der Waals surface area (Å²) < 4.78 is 0. The minimum Gasteiger partial charge on any atom is -0.480 e. The second kappa shape index (κ2) is 6.65. The fraction of sp³-hybridized carbons (Fsp3) is 0.684. The lowest BCUT2D eigenvalue weighted by atomic mass is 9.76. The minimum absolute atomic E-state index is 0.0468. The Morgan fingerprint density at radius 3 is 2.44 bits per heavy atom. The molecule has 0 radical (unpaired) electrons. The van der Waals surface area contributed by atoms with Crippen LogP contribution in [0.4, 0.5) is 11.6 Å². The highest BCUT2D eigenvalue weighted by atomic mass is 16.4. The molecule has 1 saturated carbocycles. The first kappa shape index (κ1) is 18.0. The molecule has 1 aromatic rings. The standard InChI is InChI=1S/C19H27N5O3/c1-22(2)15-16(21-8-7-20-15)23-9-5-19(6-10-23)11-14(18(26)27)24(12-19)17(25)13-3-4-13/h7-8,13-14H,3-6,9-12H2,1-2H3,(H,26,27). The van der Waals surface area contributed by atoms with Gasteiger partial charge in [0.2, 0.25) is 5.91 Å². The molecular formula is C19H27N5O3. The summed E-state index contributed by atoms with van der Waals surface area (Å²) in [5, 5.41) is 9.65. The lowest BCUT2D eigenvalue weighted by Crippen LogP contribution is -2.44. The largest absolute Gasteiger partial charge is 0.480 e. The normalized spacial score (nSPS) is 24.3. The van der Waals surface area contributed by atoms with Gasteiger partial charge in [0.25, 0.3) is 0 Å². The molecule has 2 aliphatic heterocycles. The topological polar surface area (TPSA) is 89.9 Å². The fourth-order valence-corrected chi connectivity index (χ4v) is 4.49. The Morgan fingerprint density at radius 2 is 1.85 bits per heavy atom. The fourth-order valence-electron chi connectivity index (χ4n) is 4.49. The number of likely N-dealkylation sites (tertiary alicyclic amines) is 1. The first-order valence-corrected chi connectivity index (χ1v) is 9.67. The van der Waals surface area contributed by atoms with Crippen LogP contribution in [-0.4, -0.2) is 71.6 Å². The Balaban J connectivity index is 1.48. The van der Waals surface area contributed by atoms with Gasteiger partial charge in [0.05, 0.1) is 0 Å². The first-order valence-electron chi connectivity index (χ1n) is 9.67. The number of nitrogens with zero attached hydrogens (tertiary/aromatic N) is 5. The molecule has 3 aliphatic rings. The highest BCUT2D eigenvalue weighted by Gasteiger charge is 2.52. The molecule has 146 valence electrons. The third kappa shape index (κ3) is 3.33. The molecule has 1 atom stereocenters. The van der Waals surface area contributed by atoms with Gasteiger partial charge in [-0.1, -0.05) is 0 Å². The minimum atomic E-state index is -0.868. The molecule has 27 heavy (non-hydrogen) atoms. The van der Waals surface area contributed by atoms with Crippen molar-refractivity contribution in [3.8, 4) is 0 Å². The molecule has 1 N–H and O–H groups in total. The Labute approximate surface area is 159 Å². The third-order valence-electron chi connectivity index (χ3n) is 6.21. The maximum atomic E-state index is 12.6. The summed E-state index contributed by atoms with van der Waals surface area (Å²) in [7, 11) is 3.91. The Morgan fingerprint density at radius 1 is 1.19 bits per heavy atom. The smallest absolute Gasteiger partial charge is 0.326 e. The summed E-state index contributed by atoms with van der Waals surface area (Å²) in [5.74, 6) is 0.951. The van der Waals surface area contributed by atoms with Gasteiger partial charge in [-0.15, -0.1) is 0 Å².